The normalized spacial score (nSPS) is 24.8. The highest BCUT2D eigenvalue weighted by atomic mass is 32.2. The van der Waals surface area contributed by atoms with Crippen molar-refractivity contribution in [2.24, 2.45) is 0 Å². The highest BCUT2D eigenvalue weighted by Gasteiger charge is 2.31. The average Bonchev–Trinajstić information content (AvgIpc) is 2.67. The van der Waals surface area contributed by atoms with Gasteiger partial charge in [-0.15, -0.1) is 0 Å². The van der Waals surface area contributed by atoms with Gasteiger partial charge in [-0.2, -0.15) is 11.8 Å². The molecule has 0 radical (unpaired) electrons. The lowest BCUT2D eigenvalue weighted by Crippen LogP contribution is -2.44. The van der Waals surface area contributed by atoms with Crippen LogP contribution >= 0.6 is 11.8 Å². The van der Waals surface area contributed by atoms with Gasteiger partial charge in [0.15, 0.2) is 0 Å². The fourth-order valence-corrected chi connectivity index (χ4v) is 4.25. The van der Waals surface area contributed by atoms with Gasteiger partial charge in [-0.05, 0) is 43.3 Å². The molecule has 1 saturated heterocycles. The van der Waals surface area contributed by atoms with Crippen LogP contribution in [0.5, 0.6) is 5.75 Å². The Labute approximate surface area is 129 Å². The van der Waals surface area contributed by atoms with Gasteiger partial charge >= 0.3 is 0 Å². The van der Waals surface area contributed by atoms with Crippen molar-refractivity contribution in [1.82, 2.24) is 5.32 Å². The maximum absolute atomic E-state index is 13.3. The molecule has 0 amide bonds. The second-order valence-electron chi connectivity index (χ2n) is 5.94. The number of rotatable bonds is 3. The Hall–Kier alpha value is -0.780. The largest absolute Gasteiger partial charge is 0.493 e. The molecule has 2 heterocycles. The first-order chi connectivity index (χ1) is 10.2. The van der Waals surface area contributed by atoms with Gasteiger partial charge in [0.25, 0.3) is 0 Å². The molecule has 1 aromatic rings. The van der Waals surface area contributed by atoms with E-state index in [1.54, 1.807) is 6.07 Å². The number of hydrogen-bond donors (Lipinski definition) is 2. The van der Waals surface area contributed by atoms with Crippen LogP contribution in [0.1, 0.15) is 37.3 Å². The highest BCUT2D eigenvalue weighted by molar-refractivity contribution is 7.99. The third-order valence-electron chi connectivity index (χ3n) is 4.35. The number of nitrogens with one attached hydrogen (secondary N) is 1. The number of benzene rings is 1. The van der Waals surface area contributed by atoms with Crippen molar-refractivity contribution in [2.75, 3.05) is 24.7 Å². The predicted molar refractivity (Wildman–Crippen MR) is 83.4 cm³/mol. The molecule has 1 fully saturated rings. The molecular weight excluding hydrogens is 289 g/mol. The van der Waals surface area contributed by atoms with Gasteiger partial charge in [-0.1, -0.05) is 6.07 Å². The van der Waals surface area contributed by atoms with E-state index in [9.17, 15) is 9.50 Å². The zero-order valence-electron chi connectivity index (χ0n) is 12.1. The minimum Gasteiger partial charge on any atom is -0.493 e. The summed E-state index contributed by atoms with van der Waals surface area (Å²) in [7, 11) is 0. The number of hydrogen-bond acceptors (Lipinski definition) is 4. The van der Waals surface area contributed by atoms with Crippen molar-refractivity contribution in [2.45, 2.75) is 37.3 Å². The number of aliphatic hydroxyl groups is 1. The van der Waals surface area contributed by atoms with Gasteiger partial charge in [0.1, 0.15) is 11.6 Å². The van der Waals surface area contributed by atoms with Gasteiger partial charge < -0.3 is 15.2 Å². The Morgan fingerprint density at radius 2 is 2.19 bits per heavy atom. The summed E-state index contributed by atoms with van der Waals surface area (Å²) in [5.74, 6) is 2.41. The van der Waals surface area contributed by atoms with Crippen LogP contribution in [-0.4, -0.2) is 35.4 Å². The molecule has 0 aliphatic carbocycles. The first-order valence-electron chi connectivity index (χ1n) is 7.62. The summed E-state index contributed by atoms with van der Waals surface area (Å²) in [4.78, 5) is 0. The van der Waals surface area contributed by atoms with Crippen LogP contribution in [0.25, 0.3) is 0 Å². The minimum absolute atomic E-state index is 0.127. The fourth-order valence-electron chi connectivity index (χ4n) is 3.00. The molecule has 5 heteroatoms. The third-order valence-corrected chi connectivity index (χ3v) is 5.33. The summed E-state index contributed by atoms with van der Waals surface area (Å²) < 4.78 is 19.0. The van der Waals surface area contributed by atoms with E-state index in [0.717, 1.165) is 42.8 Å². The Morgan fingerprint density at radius 1 is 1.38 bits per heavy atom. The van der Waals surface area contributed by atoms with Crippen molar-refractivity contribution in [3.05, 3.63) is 29.6 Å². The second-order valence-corrected chi connectivity index (χ2v) is 7.17. The zero-order valence-corrected chi connectivity index (χ0v) is 12.9. The van der Waals surface area contributed by atoms with Crippen LogP contribution in [0.2, 0.25) is 0 Å². The number of halogens is 1. The SMILES string of the molecule is OC1(CN[C@H]2CCCOc3cc(F)ccc32)CCSCC1. The highest BCUT2D eigenvalue weighted by Crippen LogP contribution is 2.33. The Kier molecular flexibility index (Phi) is 4.72. The van der Waals surface area contributed by atoms with Crippen molar-refractivity contribution < 1.29 is 14.2 Å². The van der Waals surface area contributed by atoms with E-state index < -0.39 is 5.60 Å². The second kappa shape index (κ2) is 6.55. The molecule has 0 saturated carbocycles. The molecule has 1 aromatic carbocycles. The van der Waals surface area contributed by atoms with Crippen molar-refractivity contribution in [3.63, 3.8) is 0 Å². The number of ether oxygens (including phenoxy) is 1. The zero-order chi connectivity index (χ0) is 14.7. The lowest BCUT2D eigenvalue weighted by molar-refractivity contribution is 0.0293. The summed E-state index contributed by atoms with van der Waals surface area (Å²) in [6.07, 6.45) is 3.56. The van der Waals surface area contributed by atoms with E-state index in [4.69, 9.17) is 4.74 Å². The molecule has 2 aliphatic rings. The van der Waals surface area contributed by atoms with E-state index in [1.165, 1.54) is 12.1 Å². The van der Waals surface area contributed by atoms with Crippen molar-refractivity contribution in [3.8, 4) is 5.75 Å². The van der Waals surface area contributed by atoms with Gasteiger partial charge in [0.05, 0.1) is 12.2 Å². The summed E-state index contributed by atoms with van der Waals surface area (Å²) in [6, 6.07) is 4.87. The van der Waals surface area contributed by atoms with E-state index in [-0.39, 0.29) is 11.9 Å². The van der Waals surface area contributed by atoms with Gasteiger partial charge in [-0.25, -0.2) is 4.39 Å². The first-order valence-corrected chi connectivity index (χ1v) is 8.78. The standard InChI is InChI=1S/C16H22FNO2S/c17-12-3-4-13-14(2-1-7-20-15(13)10-12)18-11-16(19)5-8-21-9-6-16/h3-4,10,14,18-19H,1-2,5-9,11H2/t14-/m0/s1. The number of thioether (sulfide) groups is 1. The molecule has 116 valence electrons. The molecule has 1 atom stereocenters. The van der Waals surface area contributed by atoms with E-state index in [1.807, 2.05) is 11.8 Å². The fraction of sp³-hybridized carbons (Fsp3) is 0.625. The molecule has 0 aromatic heterocycles. The molecule has 2 N–H and O–H groups in total. The predicted octanol–water partition coefficient (Wildman–Crippen LogP) is 2.89. The quantitative estimate of drug-likeness (QED) is 0.901. The Morgan fingerprint density at radius 3 is 3.00 bits per heavy atom. The molecule has 21 heavy (non-hydrogen) atoms. The molecule has 0 spiro atoms. The monoisotopic (exact) mass is 311 g/mol. The molecule has 3 rings (SSSR count). The Bertz CT molecular complexity index is 491. The topological polar surface area (TPSA) is 41.5 Å². The van der Waals surface area contributed by atoms with Crippen LogP contribution in [0.15, 0.2) is 18.2 Å². The summed E-state index contributed by atoms with van der Waals surface area (Å²) in [5, 5.41) is 14.1. The van der Waals surface area contributed by atoms with Crippen LogP contribution in [0.3, 0.4) is 0 Å². The minimum atomic E-state index is -0.599. The third kappa shape index (κ3) is 3.71. The van der Waals surface area contributed by atoms with E-state index >= 15 is 0 Å². The molecule has 0 bridgehead atoms. The molecule has 0 unspecified atom stereocenters. The van der Waals surface area contributed by atoms with Crippen molar-refractivity contribution in [1.29, 1.82) is 0 Å². The molecule has 3 nitrogen and oxygen atoms in total. The first kappa shape index (κ1) is 15.1. The van der Waals surface area contributed by atoms with E-state index in [2.05, 4.69) is 5.32 Å². The lowest BCUT2D eigenvalue weighted by atomic mass is 9.95. The van der Waals surface area contributed by atoms with Crippen LogP contribution in [0, 0.1) is 5.82 Å². The van der Waals surface area contributed by atoms with Crippen LogP contribution in [0.4, 0.5) is 4.39 Å². The van der Waals surface area contributed by atoms with E-state index in [0.29, 0.717) is 18.9 Å². The van der Waals surface area contributed by atoms with Crippen molar-refractivity contribution >= 4 is 11.8 Å². The maximum atomic E-state index is 13.3. The number of fused-ring (bicyclic) bond motifs is 1. The van der Waals surface area contributed by atoms with Gasteiger partial charge in [0.2, 0.25) is 0 Å². The van der Waals surface area contributed by atoms with Gasteiger partial charge in [-0.3, -0.25) is 0 Å². The van der Waals surface area contributed by atoms with Gasteiger partial charge in [0, 0.05) is 24.2 Å². The lowest BCUT2D eigenvalue weighted by Gasteiger charge is -2.33. The smallest absolute Gasteiger partial charge is 0.126 e. The summed E-state index contributed by atoms with van der Waals surface area (Å²) in [5.41, 5.74) is 0.404. The van der Waals surface area contributed by atoms with Crippen LogP contribution in [-0.2, 0) is 0 Å². The summed E-state index contributed by atoms with van der Waals surface area (Å²) in [6.45, 7) is 1.21. The maximum Gasteiger partial charge on any atom is 0.126 e. The Balaban J connectivity index is 1.70. The molecular formula is C16H22FNO2S. The molecule has 2 aliphatic heterocycles. The average molecular weight is 311 g/mol. The summed E-state index contributed by atoms with van der Waals surface area (Å²) >= 11 is 1.90. The van der Waals surface area contributed by atoms with Crippen LogP contribution < -0.4 is 10.1 Å².